The number of hydrogen-bond acceptors (Lipinski definition) is 8. The molecular formula is C19H19NO7. The van der Waals surface area contributed by atoms with E-state index in [9.17, 15) is 9.90 Å². The van der Waals surface area contributed by atoms with Crippen molar-refractivity contribution in [1.29, 1.82) is 0 Å². The van der Waals surface area contributed by atoms with Crippen molar-refractivity contribution >= 4 is 16.7 Å². The maximum absolute atomic E-state index is 13.1. The minimum Gasteiger partial charge on any atom is -0.504 e. The molecule has 0 spiro atoms. The molecule has 0 aliphatic carbocycles. The van der Waals surface area contributed by atoms with Crippen molar-refractivity contribution < 1.29 is 28.5 Å². The molecule has 0 saturated heterocycles. The van der Waals surface area contributed by atoms with Gasteiger partial charge in [-0.3, -0.25) is 4.79 Å². The van der Waals surface area contributed by atoms with Crippen LogP contribution in [0.2, 0.25) is 0 Å². The molecule has 1 aromatic heterocycles. The SMILES string of the molecule is COc1ccc(-c2coc3c(OC)c(OC)c(OC)c(O)c3c2=O)cc1N. The normalized spacial score (nSPS) is 10.7. The lowest BCUT2D eigenvalue weighted by Gasteiger charge is -2.16. The Kier molecular flexibility index (Phi) is 4.72. The van der Waals surface area contributed by atoms with Gasteiger partial charge in [-0.15, -0.1) is 0 Å². The summed E-state index contributed by atoms with van der Waals surface area (Å²) in [6.45, 7) is 0. The topological polar surface area (TPSA) is 113 Å². The van der Waals surface area contributed by atoms with Crippen LogP contribution in [0.5, 0.6) is 28.7 Å². The van der Waals surface area contributed by atoms with Crippen molar-refractivity contribution in [3.8, 4) is 39.9 Å². The first-order valence-corrected chi connectivity index (χ1v) is 7.88. The molecule has 0 unspecified atom stereocenters. The highest BCUT2D eigenvalue weighted by molar-refractivity contribution is 5.96. The van der Waals surface area contributed by atoms with Crippen molar-refractivity contribution in [2.75, 3.05) is 34.2 Å². The second-order valence-electron chi connectivity index (χ2n) is 5.59. The summed E-state index contributed by atoms with van der Waals surface area (Å²) in [6, 6.07) is 4.90. The molecule has 0 amide bonds. The van der Waals surface area contributed by atoms with Crippen LogP contribution in [0.4, 0.5) is 5.69 Å². The molecule has 3 N–H and O–H groups in total. The molecule has 0 saturated carbocycles. The molecule has 1 heterocycles. The van der Waals surface area contributed by atoms with Crippen LogP contribution in [0.15, 0.2) is 33.7 Å². The zero-order valence-corrected chi connectivity index (χ0v) is 15.3. The van der Waals surface area contributed by atoms with Gasteiger partial charge in [-0.05, 0) is 17.7 Å². The van der Waals surface area contributed by atoms with E-state index in [2.05, 4.69) is 0 Å². The van der Waals surface area contributed by atoms with E-state index in [1.165, 1.54) is 34.7 Å². The number of aromatic hydroxyl groups is 1. The predicted octanol–water partition coefficient (Wildman–Crippen LogP) is 2.78. The van der Waals surface area contributed by atoms with Gasteiger partial charge in [0.1, 0.15) is 17.4 Å². The fourth-order valence-electron chi connectivity index (χ4n) is 2.94. The van der Waals surface area contributed by atoms with Gasteiger partial charge in [-0.1, -0.05) is 6.07 Å². The lowest BCUT2D eigenvalue weighted by atomic mass is 10.0. The summed E-state index contributed by atoms with van der Waals surface area (Å²) in [7, 11) is 5.63. The molecule has 0 bridgehead atoms. The average Bonchev–Trinajstić information content (AvgIpc) is 2.67. The smallest absolute Gasteiger partial charge is 0.211 e. The number of anilines is 1. The van der Waals surface area contributed by atoms with Crippen LogP contribution in [-0.2, 0) is 0 Å². The Balaban J connectivity index is 2.37. The highest BCUT2D eigenvalue weighted by Gasteiger charge is 2.26. The Bertz CT molecular complexity index is 1070. The van der Waals surface area contributed by atoms with Gasteiger partial charge in [0, 0.05) is 0 Å². The Morgan fingerprint density at radius 3 is 2.19 bits per heavy atom. The third kappa shape index (κ3) is 2.75. The van der Waals surface area contributed by atoms with Gasteiger partial charge in [0.2, 0.25) is 22.7 Å². The quantitative estimate of drug-likeness (QED) is 0.657. The van der Waals surface area contributed by atoms with Crippen molar-refractivity contribution in [3.05, 3.63) is 34.7 Å². The molecule has 0 fully saturated rings. The van der Waals surface area contributed by atoms with Gasteiger partial charge in [0.25, 0.3) is 0 Å². The molecule has 3 rings (SSSR count). The summed E-state index contributed by atoms with van der Waals surface area (Å²) in [5.41, 5.74) is 6.58. The molecule has 0 aliphatic rings. The molecule has 0 aliphatic heterocycles. The van der Waals surface area contributed by atoms with Crippen LogP contribution in [-0.4, -0.2) is 33.5 Å². The number of nitrogen functional groups attached to an aromatic ring is 1. The predicted molar refractivity (Wildman–Crippen MR) is 100 cm³/mol. The van der Waals surface area contributed by atoms with E-state index < -0.39 is 11.2 Å². The van der Waals surface area contributed by atoms with Gasteiger partial charge >= 0.3 is 0 Å². The fourth-order valence-corrected chi connectivity index (χ4v) is 2.94. The number of benzene rings is 2. The standard InChI is InChI=1S/C19H19NO7/c1-23-12-6-5-9(7-11(12)20)10-8-27-16-13(14(10)21)15(22)17(24-2)19(26-4)18(16)25-3/h5-8,22H,20H2,1-4H3. The second kappa shape index (κ2) is 6.99. The summed E-state index contributed by atoms with van der Waals surface area (Å²) >= 11 is 0. The largest absolute Gasteiger partial charge is 0.504 e. The number of ether oxygens (including phenoxy) is 4. The van der Waals surface area contributed by atoms with E-state index in [1.807, 2.05) is 0 Å². The van der Waals surface area contributed by atoms with Crippen molar-refractivity contribution in [1.82, 2.24) is 0 Å². The lowest BCUT2D eigenvalue weighted by molar-refractivity contribution is 0.311. The van der Waals surface area contributed by atoms with E-state index in [0.717, 1.165) is 0 Å². The first-order valence-electron chi connectivity index (χ1n) is 7.88. The van der Waals surface area contributed by atoms with Crippen LogP contribution in [0.3, 0.4) is 0 Å². The van der Waals surface area contributed by atoms with Gasteiger partial charge < -0.3 is 34.2 Å². The number of phenolic OH excluding ortho intramolecular Hbond substituents is 1. The minimum atomic E-state index is -0.474. The van der Waals surface area contributed by atoms with E-state index in [-0.39, 0.29) is 33.8 Å². The number of nitrogens with two attached hydrogens (primary N) is 1. The second-order valence-corrected chi connectivity index (χ2v) is 5.59. The van der Waals surface area contributed by atoms with Crippen LogP contribution in [0.1, 0.15) is 0 Å². The zero-order chi connectivity index (χ0) is 19.7. The number of rotatable bonds is 5. The van der Waals surface area contributed by atoms with E-state index in [0.29, 0.717) is 17.0 Å². The van der Waals surface area contributed by atoms with E-state index in [1.54, 1.807) is 18.2 Å². The number of methoxy groups -OCH3 is 4. The van der Waals surface area contributed by atoms with Crippen molar-refractivity contribution in [2.24, 2.45) is 0 Å². The first kappa shape index (κ1) is 18.2. The molecule has 0 atom stereocenters. The van der Waals surface area contributed by atoms with E-state index >= 15 is 0 Å². The van der Waals surface area contributed by atoms with Crippen LogP contribution >= 0.6 is 0 Å². The van der Waals surface area contributed by atoms with Crippen molar-refractivity contribution in [3.63, 3.8) is 0 Å². The Labute approximate surface area is 154 Å². The lowest BCUT2D eigenvalue weighted by Crippen LogP contribution is -2.08. The van der Waals surface area contributed by atoms with Gasteiger partial charge in [0.15, 0.2) is 11.3 Å². The molecule has 0 radical (unpaired) electrons. The van der Waals surface area contributed by atoms with Crippen LogP contribution < -0.4 is 30.1 Å². The summed E-state index contributed by atoms with van der Waals surface area (Å²) in [5.74, 6) is 0.317. The van der Waals surface area contributed by atoms with E-state index in [4.69, 9.17) is 29.1 Å². The summed E-state index contributed by atoms with van der Waals surface area (Å²) in [6.07, 6.45) is 1.28. The highest BCUT2D eigenvalue weighted by atomic mass is 16.5. The summed E-state index contributed by atoms with van der Waals surface area (Å²) in [5, 5.41) is 10.5. The number of hydrogen-bond donors (Lipinski definition) is 2. The third-order valence-electron chi connectivity index (χ3n) is 4.22. The summed E-state index contributed by atoms with van der Waals surface area (Å²) < 4.78 is 26.5. The number of fused-ring (bicyclic) bond motifs is 1. The Hall–Kier alpha value is -3.55. The van der Waals surface area contributed by atoms with Crippen LogP contribution in [0.25, 0.3) is 22.1 Å². The molecule has 142 valence electrons. The fraction of sp³-hybridized carbons (Fsp3) is 0.211. The van der Waals surface area contributed by atoms with Gasteiger partial charge in [0.05, 0.1) is 39.7 Å². The molecule has 2 aromatic carbocycles. The molecule has 3 aromatic rings. The van der Waals surface area contributed by atoms with Gasteiger partial charge in [-0.2, -0.15) is 0 Å². The number of phenols is 1. The van der Waals surface area contributed by atoms with Crippen LogP contribution in [0, 0.1) is 0 Å². The van der Waals surface area contributed by atoms with Gasteiger partial charge in [-0.25, -0.2) is 0 Å². The first-order chi connectivity index (χ1) is 13.0. The Morgan fingerprint density at radius 2 is 1.63 bits per heavy atom. The Morgan fingerprint density at radius 1 is 0.963 bits per heavy atom. The highest BCUT2D eigenvalue weighted by Crippen LogP contribution is 2.49. The zero-order valence-electron chi connectivity index (χ0n) is 15.3. The maximum atomic E-state index is 13.1. The monoisotopic (exact) mass is 373 g/mol. The van der Waals surface area contributed by atoms with Crippen molar-refractivity contribution in [2.45, 2.75) is 0 Å². The maximum Gasteiger partial charge on any atom is 0.211 e. The third-order valence-corrected chi connectivity index (χ3v) is 4.22. The summed E-state index contributed by atoms with van der Waals surface area (Å²) in [4.78, 5) is 13.1. The average molecular weight is 373 g/mol. The minimum absolute atomic E-state index is 0.0273. The molecule has 27 heavy (non-hydrogen) atoms. The molecular weight excluding hydrogens is 354 g/mol. The molecule has 8 nitrogen and oxygen atoms in total. The molecule has 8 heteroatoms.